The van der Waals surface area contributed by atoms with Crippen molar-refractivity contribution in [2.75, 3.05) is 68.2 Å². The number of nitrogens with zero attached hydrogens (tertiary/aromatic N) is 2. The van der Waals surface area contributed by atoms with Crippen molar-refractivity contribution >= 4 is 13.9 Å². The third kappa shape index (κ3) is 25.3. The van der Waals surface area contributed by atoms with Crippen LogP contribution < -0.4 is 4.89 Å². The van der Waals surface area contributed by atoms with Gasteiger partial charge < -0.3 is 32.8 Å². The first-order chi connectivity index (χ1) is 17.5. The summed E-state index contributed by atoms with van der Waals surface area (Å²) in [5.41, 5.74) is 0. The lowest BCUT2D eigenvalue weighted by Crippen LogP contribution is -2.38. The summed E-state index contributed by atoms with van der Waals surface area (Å²) in [6.07, 6.45) is 16.6. The quantitative estimate of drug-likeness (QED) is 0.0808. The summed E-state index contributed by atoms with van der Waals surface area (Å²) in [5.74, 6) is 0. The molecule has 1 amide bonds. The summed E-state index contributed by atoms with van der Waals surface area (Å²) in [4.78, 5) is 25.3. The van der Waals surface area contributed by atoms with Gasteiger partial charge >= 0.3 is 6.09 Å². The molecule has 0 heterocycles. The Balaban J connectivity index is 3.98. The second kappa shape index (κ2) is 22.2. The van der Waals surface area contributed by atoms with Crippen molar-refractivity contribution in [3.63, 3.8) is 0 Å². The highest BCUT2D eigenvalue weighted by Crippen LogP contribution is 2.38. The largest absolute Gasteiger partial charge is 0.756 e. The second-order valence-electron chi connectivity index (χ2n) is 11.2. The van der Waals surface area contributed by atoms with Crippen LogP contribution >= 0.6 is 7.82 Å². The van der Waals surface area contributed by atoms with E-state index in [4.69, 9.17) is 18.5 Å². The average molecular weight is 552 g/mol. The SMILES string of the molecule is CCCCCCCCCCCCCCCCOC[C@H](COP(=O)([O-])OCC[N+](C)(C)[11CH3])OC(=O)N(C)C. The van der Waals surface area contributed by atoms with Crippen LogP contribution in [0.2, 0.25) is 0 Å². The number of likely N-dealkylation sites (N-methyl/N-ethyl adjacent to an activating group) is 1. The number of phosphoric acid groups is 1. The molecule has 0 N–H and O–H groups in total. The lowest BCUT2D eigenvalue weighted by molar-refractivity contribution is -0.870. The maximum atomic E-state index is 12.0. The molecule has 0 aromatic carbocycles. The van der Waals surface area contributed by atoms with Crippen molar-refractivity contribution < 1.29 is 37.3 Å². The van der Waals surface area contributed by atoms with E-state index in [2.05, 4.69) is 6.92 Å². The fourth-order valence-corrected chi connectivity index (χ4v) is 4.34. The van der Waals surface area contributed by atoms with E-state index < -0.39 is 20.0 Å². The van der Waals surface area contributed by atoms with Gasteiger partial charge in [-0.15, -0.1) is 0 Å². The molecule has 0 aliphatic rings. The van der Waals surface area contributed by atoms with Crippen LogP contribution in [0.25, 0.3) is 0 Å². The maximum absolute atomic E-state index is 12.0. The number of rotatable bonds is 25. The highest BCUT2D eigenvalue weighted by molar-refractivity contribution is 7.45. The van der Waals surface area contributed by atoms with Gasteiger partial charge in [0.1, 0.15) is 13.2 Å². The number of phosphoric ester groups is 1. The van der Waals surface area contributed by atoms with Gasteiger partial charge in [-0.25, -0.2) is 4.79 Å². The molecule has 0 bridgehead atoms. The van der Waals surface area contributed by atoms with E-state index in [0.717, 1.165) is 12.8 Å². The molecular formula is C27H57N2O7P. The molecule has 1 unspecified atom stereocenters. The lowest BCUT2D eigenvalue weighted by Gasteiger charge is -2.28. The first kappa shape index (κ1) is 36.3. The summed E-state index contributed by atoms with van der Waals surface area (Å²) in [6, 6.07) is 0. The Bertz CT molecular complexity index is 600. The molecule has 0 saturated carbocycles. The van der Waals surface area contributed by atoms with Gasteiger partial charge in [0.05, 0.1) is 34.4 Å². The predicted octanol–water partition coefficient (Wildman–Crippen LogP) is 5.76. The average Bonchev–Trinajstić information content (AvgIpc) is 2.81. The van der Waals surface area contributed by atoms with Crippen molar-refractivity contribution in [1.29, 1.82) is 0 Å². The van der Waals surface area contributed by atoms with Crippen molar-refractivity contribution in [1.82, 2.24) is 4.90 Å². The van der Waals surface area contributed by atoms with E-state index in [-0.39, 0.29) is 19.8 Å². The number of quaternary nitrogens is 1. The topological polar surface area (TPSA) is 97.4 Å². The highest BCUT2D eigenvalue weighted by atomic mass is 31.2. The van der Waals surface area contributed by atoms with Gasteiger partial charge in [-0.1, -0.05) is 90.4 Å². The lowest BCUT2D eigenvalue weighted by atomic mass is 10.0. The van der Waals surface area contributed by atoms with Crippen molar-refractivity contribution in [3.8, 4) is 0 Å². The van der Waals surface area contributed by atoms with Gasteiger partial charge in [0.25, 0.3) is 7.82 Å². The molecule has 0 fully saturated rings. The fraction of sp³-hybridized carbons (Fsp3) is 0.963. The Morgan fingerprint density at radius 3 is 1.73 bits per heavy atom. The smallest absolute Gasteiger partial charge is 0.409 e. The zero-order valence-corrected chi connectivity index (χ0v) is 25.6. The molecule has 10 heteroatoms. The van der Waals surface area contributed by atoms with E-state index >= 15 is 0 Å². The normalized spacial score (nSPS) is 14.4. The number of carbonyl (C=O) groups excluding carboxylic acids is 1. The van der Waals surface area contributed by atoms with Crippen LogP contribution in [-0.4, -0.2) is 89.8 Å². The Hall–Kier alpha value is -0.700. The molecule has 37 heavy (non-hydrogen) atoms. The van der Waals surface area contributed by atoms with Crippen molar-refractivity contribution in [2.45, 2.75) is 103 Å². The van der Waals surface area contributed by atoms with Gasteiger partial charge in [0, 0.05) is 20.7 Å². The van der Waals surface area contributed by atoms with E-state index in [1.165, 1.54) is 81.9 Å². The van der Waals surface area contributed by atoms with E-state index in [1.54, 1.807) is 14.1 Å². The number of ether oxygens (including phenoxy) is 2. The highest BCUT2D eigenvalue weighted by Gasteiger charge is 2.21. The van der Waals surface area contributed by atoms with Crippen LogP contribution in [0.1, 0.15) is 96.8 Å². The summed E-state index contributed by atoms with van der Waals surface area (Å²) in [6.45, 7) is 3.04. The number of hydrogen-bond acceptors (Lipinski definition) is 7. The molecule has 0 aromatic heterocycles. The number of hydrogen-bond donors (Lipinski definition) is 0. The van der Waals surface area contributed by atoms with Crippen LogP contribution in [0.15, 0.2) is 0 Å². The molecule has 0 aliphatic heterocycles. The Morgan fingerprint density at radius 1 is 0.784 bits per heavy atom. The molecule has 0 radical (unpaired) electrons. The van der Waals surface area contributed by atoms with E-state index in [0.29, 0.717) is 17.6 Å². The van der Waals surface area contributed by atoms with Gasteiger partial charge in [-0.05, 0) is 6.42 Å². The molecule has 9 nitrogen and oxygen atoms in total. The standard InChI is InChI=1S/C27H57N2O7P/c1-7-8-9-10-11-12-13-14-15-16-17-18-19-20-22-33-24-26(36-27(30)28(2)3)25-35-37(31,32)34-23-21-29(4,5)6/h26H,7-25H2,1-6H3/t26-/m1/s1/i4-1. The van der Waals surface area contributed by atoms with Gasteiger partial charge in [0.15, 0.2) is 6.10 Å². The van der Waals surface area contributed by atoms with Gasteiger partial charge in [0.2, 0.25) is 0 Å². The Morgan fingerprint density at radius 2 is 1.27 bits per heavy atom. The third-order valence-corrected chi connectivity index (χ3v) is 6.97. The van der Waals surface area contributed by atoms with Crippen LogP contribution in [0.3, 0.4) is 0 Å². The minimum absolute atomic E-state index is 0.0159. The first-order valence-corrected chi connectivity index (χ1v) is 15.8. The molecule has 2 atom stereocenters. The van der Waals surface area contributed by atoms with Crippen LogP contribution in [0.5, 0.6) is 0 Å². The molecule has 0 aliphatic carbocycles. The number of carbonyl (C=O) groups is 1. The molecule has 0 spiro atoms. The van der Waals surface area contributed by atoms with Crippen LogP contribution in [0, 0.1) is 0 Å². The van der Waals surface area contributed by atoms with Gasteiger partial charge in [-0.3, -0.25) is 4.57 Å². The summed E-state index contributed by atoms with van der Waals surface area (Å²) < 4.78 is 33.5. The van der Waals surface area contributed by atoms with Crippen LogP contribution in [0.4, 0.5) is 4.79 Å². The minimum Gasteiger partial charge on any atom is -0.756 e. The molecular weight excluding hydrogens is 494 g/mol. The van der Waals surface area contributed by atoms with Crippen molar-refractivity contribution in [2.24, 2.45) is 0 Å². The zero-order valence-electron chi connectivity index (χ0n) is 24.7. The van der Waals surface area contributed by atoms with E-state index in [1.807, 2.05) is 21.1 Å². The summed E-state index contributed by atoms with van der Waals surface area (Å²) >= 11 is 0. The van der Waals surface area contributed by atoms with Gasteiger partial charge in [-0.2, -0.15) is 0 Å². The van der Waals surface area contributed by atoms with Crippen LogP contribution in [-0.2, 0) is 23.1 Å². The Kier molecular flexibility index (Phi) is 21.7. The maximum Gasteiger partial charge on any atom is 0.409 e. The summed E-state index contributed by atoms with van der Waals surface area (Å²) in [5, 5.41) is 0. The summed E-state index contributed by atoms with van der Waals surface area (Å²) in [7, 11) is 4.43. The third-order valence-electron chi connectivity index (χ3n) is 6.01. The fourth-order valence-electron chi connectivity index (χ4n) is 3.62. The molecule has 0 saturated heterocycles. The molecule has 0 aromatic rings. The predicted molar refractivity (Wildman–Crippen MR) is 147 cm³/mol. The van der Waals surface area contributed by atoms with E-state index in [9.17, 15) is 14.3 Å². The second-order valence-corrected chi connectivity index (χ2v) is 12.6. The first-order valence-electron chi connectivity index (χ1n) is 14.3. The van der Waals surface area contributed by atoms with Crippen molar-refractivity contribution in [3.05, 3.63) is 0 Å². The minimum atomic E-state index is -4.50. The number of unbranched alkanes of at least 4 members (excludes halogenated alkanes) is 13. The number of amides is 1. The monoisotopic (exact) mass is 551 g/mol. The zero-order chi connectivity index (χ0) is 28.0. The molecule has 0 rings (SSSR count). The Labute approximate surface area is 227 Å². The molecule has 222 valence electrons.